The lowest BCUT2D eigenvalue weighted by Gasteiger charge is -2.28. The Morgan fingerprint density at radius 2 is 1.68 bits per heavy atom. The summed E-state index contributed by atoms with van der Waals surface area (Å²) < 4.78 is 10.5. The number of amides is 1. The van der Waals surface area contributed by atoms with Crippen molar-refractivity contribution in [1.29, 1.82) is 0 Å². The second kappa shape index (κ2) is 7.92. The number of hydrogen-bond acceptors (Lipinski definition) is 4. The van der Waals surface area contributed by atoms with Gasteiger partial charge in [-0.1, -0.05) is 0 Å². The van der Waals surface area contributed by atoms with Gasteiger partial charge in [0.2, 0.25) is 0 Å². The van der Waals surface area contributed by atoms with Crippen LogP contribution < -0.4 is 19.7 Å². The normalized spacial score (nSPS) is 14.1. The topological polar surface area (TPSA) is 50.8 Å². The fourth-order valence-corrected chi connectivity index (χ4v) is 3.10. The summed E-state index contributed by atoms with van der Waals surface area (Å²) in [4.78, 5) is 15.0. The Kier molecular flexibility index (Phi) is 5.43. The summed E-state index contributed by atoms with van der Waals surface area (Å²) in [5, 5.41) is 2.92. The first-order valence-corrected chi connectivity index (χ1v) is 8.59. The average Bonchev–Trinajstić information content (AvgIpc) is 2.68. The molecule has 0 bridgehead atoms. The highest BCUT2D eigenvalue weighted by atomic mass is 16.5. The van der Waals surface area contributed by atoms with Gasteiger partial charge in [-0.25, -0.2) is 0 Å². The zero-order valence-electron chi connectivity index (χ0n) is 14.7. The van der Waals surface area contributed by atoms with Crippen LogP contribution in [-0.2, 0) is 0 Å². The molecule has 0 aliphatic carbocycles. The molecule has 1 saturated heterocycles. The van der Waals surface area contributed by atoms with E-state index in [1.807, 2.05) is 12.1 Å². The molecule has 1 aliphatic rings. The summed E-state index contributed by atoms with van der Waals surface area (Å²) >= 11 is 0. The molecule has 132 valence electrons. The number of carbonyl (C=O) groups is 1. The van der Waals surface area contributed by atoms with E-state index in [1.165, 1.54) is 24.9 Å². The highest BCUT2D eigenvalue weighted by Crippen LogP contribution is 2.26. The van der Waals surface area contributed by atoms with Crippen LogP contribution in [0, 0.1) is 0 Å². The molecule has 5 heteroatoms. The van der Waals surface area contributed by atoms with Crippen molar-refractivity contribution in [3.05, 3.63) is 48.0 Å². The maximum absolute atomic E-state index is 12.6. The largest absolute Gasteiger partial charge is 0.497 e. The summed E-state index contributed by atoms with van der Waals surface area (Å²) in [7, 11) is 3.12. The minimum atomic E-state index is -0.221. The van der Waals surface area contributed by atoms with Gasteiger partial charge in [-0.05, 0) is 61.7 Å². The van der Waals surface area contributed by atoms with Crippen LogP contribution in [0.4, 0.5) is 11.4 Å². The average molecular weight is 340 g/mol. The van der Waals surface area contributed by atoms with Crippen molar-refractivity contribution >= 4 is 17.3 Å². The number of piperidine rings is 1. The number of nitrogens with one attached hydrogen (secondary N) is 1. The number of hydrogen-bond donors (Lipinski definition) is 1. The number of benzene rings is 2. The zero-order chi connectivity index (χ0) is 17.6. The number of methoxy groups -OCH3 is 2. The van der Waals surface area contributed by atoms with Gasteiger partial charge in [0.1, 0.15) is 11.5 Å². The van der Waals surface area contributed by atoms with Gasteiger partial charge in [0.25, 0.3) is 5.91 Å². The first kappa shape index (κ1) is 17.1. The van der Waals surface area contributed by atoms with Crippen molar-refractivity contribution < 1.29 is 14.3 Å². The van der Waals surface area contributed by atoms with Gasteiger partial charge in [0.15, 0.2) is 0 Å². The maximum Gasteiger partial charge on any atom is 0.259 e. The van der Waals surface area contributed by atoms with Crippen LogP contribution in [0.25, 0.3) is 0 Å². The summed E-state index contributed by atoms with van der Waals surface area (Å²) in [6.07, 6.45) is 3.80. The molecule has 2 aromatic rings. The third kappa shape index (κ3) is 4.05. The van der Waals surface area contributed by atoms with Crippen LogP contribution >= 0.6 is 0 Å². The van der Waals surface area contributed by atoms with Gasteiger partial charge in [-0.2, -0.15) is 0 Å². The molecule has 25 heavy (non-hydrogen) atoms. The molecule has 0 saturated carbocycles. The number of anilines is 2. The molecule has 1 N–H and O–H groups in total. The van der Waals surface area contributed by atoms with E-state index in [0.29, 0.717) is 17.1 Å². The third-order valence-electron chi connectivity index (χ3n) is 4.50. The van der Waals surface area contributed by atoms with Crippen molar-refractivity contribution in [2.75, 3.05) is 37.5 Å². The molecule has 3 rings (SSSR count). The van der Waals surface area contributed by atoms with Gasteiger partial charge in [-0.15, -0.1) is 0 Å². The Morgan fingerprint density at radius 1 is 0.960 bits per heavy atom. The molecule has 0 atom stereocenters. The summed E-state index contributed by atoms with van der Waals surface area (Å²) in [5.74, 6) is 0.913. The van der Waals surface area contributed by atoms with Crippen molar-refractivity contribution in [2.24, 2.45) is 0 Å². The fourth-order valence-electron chi connectivity index (χ4n) is 3.10. The Labute approximate surface area is 148 Å². The Hall–Kier alpha value is -2.69. The molecule has 5 nitrogen and oxygen atoms in total. The van der Waals surface area contributed by atoms with E-state index in [0.717, 1.165) is 18.8 Å². The molecule has 0 unspecified atom stereocenters. The number of ether oxygens (including phenoxy) is 2. The van der Waals surface area contributed by atoms with Crippen LogP contribution in [0.15, 0.2) is 42.5 Å². The first-order valence-electron chi connectivity index (χ1n) is 8.59. The smallest absolute Gasteiger partial charge is 0.259 e. The van der Waals surface area contributed by atoms with Gasteiger partial charge >= 0.3 is 0 Å². The molecular weight excluding hydrogens is 316 g/mol. The number of nitrogens with zero attached hydrogens (tertiary/aromatic N) is 1. The van der Waals surface area contributed by atoms with E-state index in [-0.39, 0.29) is 5.91 Å². The lowest BCUT2D eigenvalue weighted by molar-refractivity contribution is 0.102. The van der Waals surface area contributed by atoms with Crippen molar-refractivity contribution in [3.8, 4) is 11.5 Å². The van der Waals surface area contributed by atoms with Gasteiger partial charge in [-0.3, -0.25) is 4.79 Å². The second-order valence-electron chi connectivity index (χ2n) is 6.11. The van der Waals surface area contributed by atoms with Crippen LogP contribution in [0.2, 0.25) is 0 Å². The lowest BCUT2D eigenvalue weighted by Crippen LogP contribution is -2.29. The molecular formula is C20H24N2O3. The van der Waals surface area contributed by atoms with Crippen molar-refractivity contribution in [3.63, 3.8) is 0 Å². The van der Waals surface area contributed by atoms with Crippen molar-refractivity contribution in [2.45, 2.75) is 19.3 Å². The van der Waals surface area contributed by atoms with Crippen LogP contribution in [0.3, 0.4) is 0 Å². The standard InChI is InChI=1S/C20H24N2O3/c1-24-17-10-11-19(25-2)18(14-17)20(23)21-15-6-8-16(9-7-15)22-12-4-3-5-13-22/h6-11,14H,3-5,12-13H2,1-2H3,(H,21,23). The molecule has 0 spiro atoms. The third-order valence-corrected chi connectivity index (χ3v) is 4.50. The van der Waals surface area contributed by atoms with E-state index in [4.69, 9.17) is 9.47 Å². The Morgan fingerprint density at radius 3 is 2.32 bits per heavy atom. The maximum atomic E-state index is 12.6. The highest BCUT2D eigenvalue weighted by Gasteiger charge is 2.15. The second-order valence-corrected chi connectivity index (χ2v) is 6.11. The molecule has 0 aromatic heterocycles. The van der Waals surface area contributed by atoms with Crippen LogP contribution in [-0.4, -0.2) is 33.2 Å². The van der Waals surface area contributed by atoms with E-state index in [1.54, 1.807) is 32.4 Å². The minimum absolute atomic E-state index is 0.221. The SMILES string of the molecule is COc1ccc(OC)c(C(=O)Nc2ccc(N3CCCCC3)cc2)c1. The monoisotopic (exact) mass is 340 g/mol. The molecule has 1 aliphatic heterocycles. The minimum Gasteiger partial charge on any atom is -0.497 e. The zero-order valence-corrected chi connectivity index (χ0v) is 14.7. The lowest BCUT2D eigenvalue weighted by atomic mass is 10.1. The van der Waals surface area contributed by atoms with Crippen LogP contribution in [0.1, 0.15) is 29.6 Å². The van der Waals surface area contributed by atoms with Gasteiger partial charge < -0.3 is 19.7 Å². The Balaban J connectivity index is 1.72. The first-order chi connectivity index (χ1) is 12.2. The van der Waals surface area contributed by atoms with Gasteiger partial charge in [0.05, 0.1) is 19.8 Å². The molecule has 1 amide bonds. The summed E-state index contributed by atoms with van der Waals surface area (Å²) in [6, 6.07) is 13.2. The predicted molar refractivity (Wildman–Crippen MR) is 100 cm³/mol. The predicted octanol–water partition coefficient (Wildman–Crippen LogP) is 3.95. The molecule has 1 fully saturated rings. The quantitative estimate of drug-likeness (QED) is 0.895. The summed E-state index contributed by atoms with van der Waals surface area (Å²) in [6.45, 7) is 2.21. The number of carbonyl (C=O) groups excluding carboxylic acids is 1. The van der Waals surface area contributed by atoms with E-state index in [2.05, 4.69) is 22.3 Å². The molecule has 1 heterocycles. The van der Waals surface area contributed by atoms with E-state index < -0.39 is 0 Å². The molecule has 0 radical (unpaired) electrons. The van der Waals surface area contributed by atoms with Crippen molar-refractivity contribution in [1.82, 2.24) is 0 Å². The van der Waals surface area contributed by atoms with E-state index in [9.17, 15) is 4.79 Å². The number of rotatable bonds is 5. The highest BCUT2D eigenvalue weighted by molar-refractivity contribution is 6.06. The fraction of sp³-hybridized carbons (Fsp3) is 0.350. The van der Waals surface area contributed by atoms with E-state index >= 15 is 0 Å². The van der Waals surface area contributed by atoms with Gasteiger partial charge in [0, 0.05) is 24.5 Å². The molecule has 2 aromatic carbocycles. The van der Waals surface area contributed by atoms with Crippen LogP contribution in [0.5, 0.6) is 11.5 Å². The Bertz CT molecular complexity index is 722. The summed E-state index contributed by atoms with van der Waals surface area (Å²) in [5.41, 5.74) is 2.41.